The standard InChI is InChI=1S/C15H14O3/c1-9-7-11(15(17)18)3-5-13(9)14-6-4-12(16)8-10(14)2/h3-8,16H,1-2H3,(H,17,18). The molecular formula is C15H14O3. The van der Waals surface area contributed by atoms with Crippen molar-refractivity contribution in [3.63, 3.8) is 0 Å². The predicted octanol–water partition coefficient (Wildman–Crippen LogP) is 3.37. The van der Waals surface area contributed by atoms with E-state index in [-0.39, 0.29) is 11.3 Å². The molecule has 0 amide bonds. The zero-order valence-corrected chi connectivity index (χ0v) is 10.3. The van der Waals surface area contributed by atoms with Crippen LogP contribution in [-0.4, -0.2) is 16.2 Å². The third kappa shape index (κ3) is 2.20. The predicted molar refractivity (Wildman–Crippen MR) is 70.0 cm³/mol. The van der Waals surface area contributed by atoms with Gasteiger partial charge in [0, 0.05) is 0 Å². The molecule has 0 unspecified atom stereocenters. The number of aromatic hydroxyl groups is 1. The molecule has 0 aliphatic heterocycles. The third-order valence-corrected chi connectivity index (χ3v) is 2.97. The van der Waals surface area contributed by atoms with Gasteiger partial charge in [0.2, 0.25) is 0 Å². The molecule has 3 nitrogen and oxygen atoms in total. The summed E-state index contributed by atoms with van der Waals surface area (Å²) in [5.74, 6) is -0.692. The fraction of sp³-hybridized carbons (Fsp3) is 0.133. The Balaban J connectivity index is 2.54. The summed E-state index contributed by atoms with van der Waals surface area (Å²) in [6, 6.07) is 10.2. The van der Waals surface area contributed by atoms with Gasteiger partial charge in [-0.1, -0.05) is 12.1 Å². The van der Waals surface area contributed by atoms with E-state index in [1.807, 2.05) is 19.9 Å². The van der Waals surface area contributed by atoms with Crippen molar-refractivity contribution >= 4 is 5.97 Å². The van der Waals surface area contributed by atoms with Crippen LogP contribution >= 0.6 is 0 Å². The molecule has 0 bridgehead atoms. The zero-order chi connectivity index (χ0) is 13.3. The molecule has 0 saturated heterocycles. The summed E-state index contributed by atoms with van der Waals surface area (Å²) in [5, 5.41) is 18.3. The highest BCUT2D eigenvalue weighted by Gasteiger charge is 2.09. The first-order valence-corrected chi connectivity index (χ1v) is 5.63. The summed E-state index contributed by atoms with van der Waals surface area (Å²) in [4.78, 5) is 10.9. The van der Waals surface area contributed by atoms with Crippen LogP contribution in [0.4, 0.5) is 0 Å². The molecule has 2 rings (SSSR count). The minimum atomic E-state index is -0.924. The van der Waals surface area contributed by atoms with Crippen LogP contribution in [0.2, 0.25) is 0 Å². The van der Waals surface area contributed by atoms with Crippen LogP contribution in [0, 0.1) is 13.8 Å². The molecule has 0 aliphatic carbocycles. The number of aromatic carboxylic acids is 1. The normalized spacial score (nSPS) is 10.3. The van der Waals surface area contributed by atoms with Crippen molar-refractivity contribution in [2.45, 2.75) is 13.8 Å². The van der Waals surface area contributed by atoms with Gasteiger partial charge in [0.15, 0.2) is 0 Å². The zero-order valence-electron chi connectivity index (χ0n) is 10.3. The molecule has 0 saturated carbocycles. The number of hydrogen-bond donors (Lipinski definition) is 2. The number of aryl methyl sites for hydroxylation is 2. The molecule has 2 aromatic carbocycles. The van der Waals surface area contributed by atoms with E-state index in [9.17, 15) is 9.90 Å². The van der Waals surface area contributed by atoms with E-state index < -0.39 is 5.97 Å². The van der Waals surface area contributed by atoms with Gasteiger partial charge in [0.25, 0.3) is 0 Å². The van der Waals surface area contributed by atoms with Crippen LogP contribution in [0.5, 0.6) is 5.75 Å². The number of rotatable bonds is 2. The van der Waals surface area contributed by atoms with Gasteiger partial charge in [-0.05, 0) is 60.4 Å². The molecule has 18 heavy (non-hydrogen) atoms. The van der Waals surface area contributed by atoms with Crippen LogP contribution < -0.4 is 0 Å². The molecule has 0 radical (unpaired) electrons. The molecular weight excluding hydrogens is 228 g/mol. The van der Waals surface area contributed by atoms with Crippen molar-refractivity contribution < 1.29 is 15.0 Å². The molecule has 0 spiro atoms. The number of hydrogen-bond acceptors (Lipinski definition) is 2. The Morgan fingerprint density at radius 1 is 0.944 bits per heavy atom. The summed E-state index contributed by atoms with van der Waals surface area (Å²) in [7, 11) is 0. The van der Waals surface area contributed by atoms with Crippen molar-refractivity contribution in [3.05, 3.63) is 53.1 Å². The number of benzene rings is 2. The van der Waals surface area contributed by atoms with E-state index >= 15 is 0 Å². The topological polar surface area (TPSA) is 57.5 Å². The summed E-state index contributed by atoms with van der Waals surface area (Å²) in [5.41, 5.74) is 4.14. The molecule has 2 N–H and O–H groups in total. The lowest BCUT2D eigenvalue weighted by Crippen LogP contribution is -1.97. The second-order valence-corrected chi connectivity index (χ2v) is 4.33. The first kappa shape index (κ1) is 12.2. The fourth-order valence-electron chi connectivity index (χ4n) is 2.05. The monoisotopic (exact) mass is 242 g/mol. The number of phenols is 1. The SMILES string of the molecule is Cc1cc(O)ccc1-c1ccc(C(=O)O)cc1C. The van der Waals surface area contributed by atoms with Crippen LogP contribution in [0.3, 0.4) is 0 Å². The van der Waals surface area contributed by atoms with Gasteiger partial charge in [-0.15, -0.1) is 0 Å². The summed E-state index contributed by atoms with van der Waals surface area (Å²) >= 11 is 0. The minimum absolute atomic E-state index is 0.232. The van der Waals surface area contributed by atoms with Gasteiger partial charge in [0.1, 0.15) is 5.75 Å². The number of carbonyl (C=O) groups is 1. The average molecular weight is 242 g/mol. The average Bonchev–Trinajstić information content (AvgIpc) is 2.30. The van der Waals surface area contributed by atoms with Crippen LogP contribution in [0.1, 0.15) is 21.5 Å². The van der Waals surface area contributed by atoms with Crippen molar-refractivity contribution in [3.8, 4) is 16.9 Å². The van der Waals surface area contributed by atoms with Gasteiger partial charge in [-0.2, -0.15) is 0 Å². The summed E-state index contributed by atoms with van der Waals surface area (Å²) in [6.45, 7) is 3.80. The van der Waals surface area contributed by atoms with Gasteiger partial charge >= 0.3 is 5.97 Å². The van der Waals surface area contributed by atoms with Crippen molar-refractivity contribution in [1.82, 2.24) is 0 Å². The highest BCUT2D eigenvalue weighted by molar-refractivity contribution is 5.89. The highest BCUT2D eigenvalue weighted by Crippen LogP contribution is 2.29. The minimum Gasteiger partial charge on any atom is -0.508 e. The van der Waals surface area contributed by atoms with E-state index in [2.05, 4.69) is 0 Å². The highest BCUT2D eigenvalue weighted by atomic mass is 16.4. The molecule has 3 heteroatoms. The van der Waals surface area contributed by atoms with E-state index in [4.69, 9.17) is 5.11 Å². The number of phenolic OH excluding ortho intramolecular Hbond substituents is 1. The lowest BCUT2D eigenvalue weighted by Gasteiger charge is -2.10. The van der Waals surface area contributed by atoms with E-state index in [0.29, 0.717) is 0 Å². The van der Waals surface area contributed by atoms with Crippen LogP contribution in [0.25, 0.3) is 11.1 Å². The maximum Gasteiger partial charge on any atom is 0.335 e. The lowest BCUT2D eigenvalue weighted by molar-refractivity contribution is 0.0697. The quantitative estimate of drug-likeness (QED) is 0.848. The van der Waals surface area contributed by atoms with E-state index in [1.54, 1.807) is 30.3 Å². The van der Waals surface area contributed by atoms with Gasteiger partial charge in [-0.25, -0.2) is 4.79 Å². The maximum atomic E-state index is 10.9. The van der Waals surface area contributed by atoms with Crippen LogP contribution in [0.15, 0.2) is 36.4 Å². The molecule has 0 atom stereocenters. The molecule has 0 heterocycles. The van der Waals surface area contributed by atoms with Gasteiger partial charge in [-0.3, -0.25) is 0 Å². The Morgan fingerprint density at radius 2 is 1.50 bits per heavy atom. The van der Waals surface area contributed by atoms with Crippen LogP contribution in [-0.2, 0) is 0 Å². The largest absolute Gasteiger partial charge is 0.508 e. The second-order valence-electron chi connectivity index (χ2n) is 4.33. The van der Waals surface area contributed by atoms with E-state index in [0.717, 1.165) is 22.3 Å². The van der Waals surface area contributed by atoms with Crippen molar-refractivity contribution in [2.75, 3.05) is 0 Å². The third-order valence-electron chi connectivity index (χ3n) is 2.97. The van der Waals surface area contributed by atoms with Gasteiger partial charge in [0.05, 0.1) is 5.56 Å². The van der Waals surface area contributed by atoms with Crippen molar-refractivity contribution in [2.24, 2.45) is 0 Å². The number of carboxylic acids is 1. The Labute approximate surface area is 105 Å². The van der Waals surface area contributed by atoms with Gasteiger partial charge < -0.3 is 10.2 Å². The smallest absolute Gasteiger partial charge is 0.335 e. The summed E-state index contributed by atoms with van der Waals surface area (Å²) in [6.07, 6.45) is 0. The van der Waals surface area contributed by atoms with Crippen molar-refractivity contribution in [1.29, 1.82) is 0 Å². The Hall–Kier alpha value is -2.29. The molecule has 0 aliphatic rings. The maximum absolute atomic E-state index is 10.9. The molecule has 2 aromatic rings. The first-order chi connectivity index (χ1) is 8.49. The first-order valence-electron chi connectivity index (χ1n) is 5.63. The Kier molecular flexibility index (Phi) is 3.06. The summed E-state index contributed by atoms with van der Waals surface area (Å²) < 4.78 is 0. The fourth-order valence-corrected chi connectivity index (χ4v) is 2.05. The molecule has 0 fully saturated rings. The lowest BCUT2D eigenvalue weighted by atomic mass is 9.95. The Morgan fingerprint density at radius 3 is 2.00 bits per heavy atom. The molecule has 92 valence electrons. The molecule has 0 aromatic heterocycles. The number of carboxylic acid groups (broad SMARTS) is 1. The van der Waals surface area contributed by atoms with E-state index in [1.165, 1.54) is 0 Å². The Bertz CT molecular complexity index is 615. The second kappa shape index (κ2) is 4.53.